The van der Waals surface area contributed by atoms with Crippen molar-refractivity contribution >= 4 is 5.91 Å². The fraction of sp³-hybridized carbons (Fsp3) is 0.500. The molecule has 1 aliphatic rings. The van der Waals surface area contributed by atoms with Crippen molar-refractivity contribution in [1.82, 2.24) is 4.90 Å². The number of benzene rings is 1. The maximum absolute atomic E-state index is 10.9. The Morgan fingerprint density at radius 3 is 3.11 bits per heavy atom. The molecule has 98 valence electrons. The van der Waals surface area contributed by atoms with E-state index in [4.69, 9.17) is 10.5 Å². The molecule has 1 unspecified atom stereocenters. The smallest absolute Gasteiger partial charge is 0.218 e. The quantitative estimate of drug-likeness (QED) is 0.863. The molecule has 0 bridgehead atoms. The lowest BCUT2D eigenvalue weighted by Crippen LogP contribution is -2.27. The first-order valence-corrected chi connectivity index (χ1v) is 6.37. The molecule has 1 atom stereocenters. The van der Waals surface area contributed by atoms with Crippen LogP contribution in [0.5, 0.6) is 5.75 Å². The molecule has 4 heteroatoms. The van der Waals surface area contributed by atoms with E-state index >= 15 is 0 Å². The number of likely N-dealkylation sites (tertiary alicyclic amines) is 1. The first-order valence-electron chi connectivity index (χ1n) is 6.37. The summed E-state index contributed by atoms with van der Waals surface area (Å²) in [4.78, 5) is 13.2. The van der Waals surface area contributed by atoms with Crippen LogP contribution in [0.15, 0.2) is 24.3 Å². The van der Waals surface area contributed by atoms with E-state index < -0.39 is 0 Å². The van der Waals surface area contributed by atoms with Crippen molar-refractivity contribution in [2.45, 2.75) is 25.3 Å². The molecule has 1 aromatic carbocycles. The number of methoxy groups -OCH3 is 1. The largest absolute Gasteiger partial charge is 0.497 e. The van der Waals surface area contributed by atoms with Gasteiger partial charge in [0.25, 0.3) is 0 Å². The molecule has 0 radical (unpaired) electrons. The highest BCUT2D eigenvalue weighted by Gasteiger charge is 2.25. The van der Waals surface area contributed by atoms with Gasteiger partial charge in [0.1, 0.15) is 5.75 Å². The first-order chi connectivity index (χ1) is 8.70. The van der Waals surface area contributed by atoms with Crippen LogP contribution in [0.2, 0.25) is 0 Å². The summed E-state index contributed by atoms with van der Waals surface area (Å²) in [6.07, 6.45) is 2.73. The molecular weight excluding hydrogens is 228 g/mol. The summed E-state index contributed by atoms with van der Waals surface area (Å²) >= 11 is 0. The Balaban J connectivity index is 2.07. The normalized spacial score (nSPS) is 19.9. The Morgan fingerprint density at radius 1 is 1.56 bits per heavy atom. The number of hydrogen-bond donors (Lipinski definition) is 1. The molecule has 0 spiro atoms. The van der Waals surface area contributed by atoms with E-state index in [2.05, 4.69) is 17.0 Å². The number of nitrogens with zero attached hydrogens (tertiary/aromatic N) is 1. The monoisotopic (exact) mass is 248 g/mol. The van der Waals surface area contributed by atoms with Crippen molar-refractivity contribution in [2.24, 2.45) is 5.73 Å². The van der Waals surface area contributed by atoms with Crippen molar-refractivity contribution in [3.8, 4) is 5.75 Å². The average molecular weight is 248 g/mol. The van der Waals surface area contributed by atoms with Crippen molar-refractivity contribution in [1.29, 1.82) is 0 Å². The van der Waals surface area contributed by atoms with Crippen LogP contribution < -0.4 is 10.5 Å². The minimum atomic E-state index is -0.230. The van der Waals surface area contributed by atoms with E-state index in [1.54, 1.807) is 7.11 Å². The summed E-state index contributed by atoms with van der Waals surface area (Å²) in [5.41, 5.74) is 6.48. The molecular formula is C14H20N2O2. The van der Waals surface area contributed by atoms with E-state index in [-0.39, 0.29) is 5.91 Å². The van der Waals surface area contributed by atoms with Crippen LogP contribution in [0.25, 0.3) is 0 Å². The van der Waals surface area contributed by atoms with Crippen LogP contribution in [-0.4, -0.2) is 31.0 Å². The number of carbonyl (C=O) groups is 1. The molecule has 0 aromatic heterocycles. The van der Waals surface area contributed by atoms with E-state index in [0.717, 1.165) is 25.3 Å². The molecule has 1 aliphatic heterocycles. The average Bonchev–Trinajstić information content (AvgIpc) is 2.84. The van der Waals surface area contributed by atoms with Gasteiger partial charge in [0.2, 0.25) is 5.91 Å². The number of hydrogen-bond acceptors (Lipinski definition) is 3. The fourth-order valence-electron chi connectivity index (χ4n) is 2.57. The second-order valence-electron chi connectivity index (χ2n) is 4.69. The molecule has 18 heavy (non-hydrogen) atoms. The molecule has 0 saturated carbocycles. The van der Waals surface area contributed by atoms with Crippen LogP contribution in [0.4, 0.5) is 0 Å². The number of primary amides is 1. The topological polar surface area (TPSA) is 55.6 Å². The minimum absolute atomic E-state index is 0.230. The zero-order valence-corrected chi connectivity index (χ0v) is 10.8. The predicted molar refractivity (Wildman–Crippen MR) is 70.4 cm³/mol. The molecule has 2 N–H and O–H groups in total. The molecule has 0 aliphatic carbocycles. The standard InChI is InChI=1S/C14H20N2O2/c1-18-12-5-2-4-11(10-12)13-6-3-8-16(13)9-7-14(15)17/h2,4-5,10,13H,3,6-9H2,1H3,(H2,15,17). The maximum atomic E-state index is 10.9. The Labute approximate surface area is 108 Å². The zero-order valence-electron chi connectivity index (χ0n) is 10.8. The summed E-state index contributed by atoms with van der Waals surface area (Å²) in [5.74, 6) is 0.653. The van der Waals surface area contributed by atoms with Crippen LogP contribution in [-0.2, 0) is 4.79 Å². The molecule has 1 saturated heterocycles. The van der Waals surface area contributed by atoms with Gasteiger partial charge in [0.05, 0.1) is 7.11 Å². The summed E-state index contributed by atoms with van der Waals surface area (Å²) in [6, 6.07) is 8.55. The summed E-state index contributed by atoms with van der Waals surface area (Å²) in [5, 5.41) is 0. The van der Waals surface area contributed by atoms with Gasteiger partial charge in [-0.25, -0.2) is 0 Å². The molecule has 1 amide bonds. The lowest BCUT2D eigenvalue weighted by Gasteiger charge is -2.24. The highest BCUT2D eigenvalue weighted by atomic mass is 16.5. The highest BCUT2D eigenvalue weighted by molar-refractivity contribution is 5.73. The van der Waals surface area contributed by atoms with Crippen molar-refractivity contribution in [3.63, 3.8) is 0 Å². The van der Waals surface area contributed by atoms with Crippen LogP contribution >= 0.6 is 0 Å². The van der Waals surface area contributed by atoms with Gasteiger partial charge in [0.15, 0.2) is 0 Å². The van der Waals surface area contributed by atoms with E-state index in [0.29, 0.717) is 12.5 Å². The number of rotatable bonds is 5. The van der Waals surface area contributed by atoms with Gasteiger partial charge >= 0.3 is 0 Å². The van der Waals surface area contributed by atoms with E-state index in [1.165, 1.54) is 12.0 Å². The van der Waals surface area contributed by atoms with Crippen LogP contribution in [0.3, 0.4) is 0 Å². The lowest BCUT2D eigenvalue weighted by molar-refractivity contribution is -0.118. The van der Waals surface area contributed by atoms with Gasteiger partial charge in [-0.15, -0.1) is 0 Å². The van der Waals surface area contributed by atoms with E-state index in [9.17, 15) is 4.79 Å². The van der Waals surface area contributed by atoms with Gasteiger partial charge in [-0.05, 0) is 37.1 Å². The van der Waals surface area contributed by atoms with Gasteiger partial charge in [-0.2, -0.15) is 0 Å². The van der Waals surface area contributed by atoms with Crippen LogP contribution in [0, 0.1) is 0 Å². The SMILES string of the molecule is COc1cccc(C2CCCN2CCC(N)=O)c1. The molecule has 1 fully saturated rings. The zero-order chi connectivity index (χ0) is 13.0. The Bertz CT molecular complexity index is 420. The fourth-order valence-corrected chi connectivity index (χ4v) is 2.57. The third kappa shape index (κ3) is 3.01. The Hall–Kier alpha value is -1.55. The Morgan fingerprint density at radius 2 is 2.39 bits per heavy atom. The predicted octanol–water partition coefficient (Wildman–Crippen LogP) is 1.71. The third-order valence-electron chi connectivity index (χ3n) is 3.49. The molecule has 1 aromatic rings. The second-order valence-corrected chi connectivity index (χ2v) is 4.69. The van der Waals surface area contributed by atoms with Gasteiger partial charge in [-0.3, -0.25) is 9.69 Å². The van der Waals surface area contributed by atoms with E-state index in [1.807, 2.05) is 12.1 Å². The number of amides is 1. The highest BCUT2D eigenvalue weighted by Crippen LogP contribution is 2.33. The number of nitrogens with two attached hydrogens (primary N) is 1. The number of ether oxygens (including phenoxy) is 1. The first kappa shape index (κ1) is 12.9. The second kappa shape index (κ2) is 5.87. The van der Waals surface area contributed by atoms with Crippen LogP contribution in [0.1, 0.15) is 30.9 Å². The van der Waals surface area contributed by atoms with Crippen molar-refractivity contribution in [2.75, 3.05) is 20.2 Å². The molecule has 4 nitrogen and oxygen atoms in total. The Kier molecular flexibility index (Phi) is 4.20. The van der Waals surface area contributed by atoms with Gasteiger partial charge in [0, 0.05) is 19.0 Å². The minimum Gasteiger partial charge on any atom is -0.497 e. The van der Waals surface area contributed by atoms with Gasteiger partial charge in [-0.1, -0.05) is 12.1 Å². The number of carbonyl (C=O) groups excluding carboxylic acids is 1. The van der Waals surface area contributed by atoms with Crippen molar-refractivity contribution < 1.29 is 9.53 Å². The third-order valence-corrected chi connectivity index (χ3v) is 3.49. The lowest BCUT2D eigenvalue weighted by atomic mass is 10.0. The van der Waals surface area contributed by atoms with Crippen molar-refractivity contribution in [3.05, 3.63) is 29.8 Å². The molecule has 1 heterocycles. The summed E-state index contributed by atoms with van der Waals surface area (Å²) in [6.45, 7) is 1.78. The molecule has 2 rings (SSSR count). The summed E-state index contributed by atoms with van der Waals surface area (Å²) < 4.78 is 5.26. The van der Waals surface area contributed by atoms with Gasteiger partial charge < -0.3 is 10.5 Å². The maximum Gasteiger partial charge on any atom is 0.218 e. The summed E-state index contributed by atoms with van der Waals surface area (Å²) in [7, 11) is 1.68.